The highest BCUT2D eigenvalue weighted by molar-refractivity contribution is 9.11. The van der Waals surface area contributed by atoms with Gasteiger partial charge in [-0.1, -0.05) is 303 Å². The van der Waals surface area contributed by atoms with E-state index in [0.29, 0.717) is 0 Å². The van der Waals surface area contributed by atoms with Crippen LogP contribution in [-0.4, -0.2) is 0 Å². The summed E-state index contributed by atoms with van der Waals surface area (Å²) in [5, 5.41) is 0. The quantitative estimate of drug-likeness (QED) is 0.0264. The lowest BCUT2D eigenvalue weighted by atomic mass is 10.2. The number of hydrogen-bond acceptors (Lipinski definition) is 14. The zero-order valence-electron chi connectivity index (χ0n) is 67.7. The van der Waals surface area contributed by atoms with Gasteiger partial charge in [-0.15, -0.1) is 165 Å². The molecule has 15 aromatic carbocycles. The molecule has 0 radical (unpaired) electrons. The molecule has 15 rings (SSSR count). The molecule has 0 heterocycles. The molecule has 0 spiro atoms. The monoisotopic (exact) mass is 2410 g/mol. The van der Waals surface area contributed by atoms with Gasteiger partial charge in [-0.3, -0.25) is 0 Å². The molecule has 0 aliphatic rings. The van der Waals surface area contributed by atoms with Crippen LogP contribution in [-0.2, 0) is 34.5 Å². The summed E-state index contributed by atoms with van der Waals surface area (Å²) in [4.78, 5) is 9.91. The van der Waals surface area contributed by atoms with Crippen LogP contribution < -0.4 is 0 Å². The SMILES string of the molecule is Cc1ccc(C(SCc2ccc(C(SCc3ccc(C(Sc4ccc(Br)cc4)Sc4ccc(Br)cc4)cc3)SCc3ccc(C(Sc4ccc(Br)cc4)Sc4ccc(Br)cc4)cc3)cc2)SCc2ccc(C(SCc3ccc(C(Sc4ccc(Br)cc4)Sc4ccc(Br)cc4)cc3)SCc3ccc(C(Sc4ccc(Br)cc4)Sc4ccc(Br)cc4)cc3)cc2)cc1. The fraction of sp³-hybridized carbons (Fsp3) is 0.135. The van der Waals surface area contributed by atoms with Crippen LogP contribution >= 0.6 is 292 Å². The van der Waals surface area contributed by atoms with Crippen molar-refractivity contribution in [1.82, 2.24) is 0 Å². The third-order valence-electron chi connectivity index (χ3n) is 19.7. The smallest absolute Gasteiger partial charge is 0.0845 e. The topological polar surface area (TPSA) is 0 Å². The van der Waals surface area contributed by atoms with Crippen molar-refractivity contribution in [3.8, 4) is 0 Å². The number of hydrogen-bond donors (Lipinski definition) is 0. The van der Waals surface area contributed by atoms with Crippen LogP contribution in [0.4, 0.5) is 0 Å². The van der Waals surface area contributed by atoms with Crippen molar-refractivity contribution in [2.75, 3.05) is 0 Å². The molecular weight excluding hydrogens is 2340 g/mol. The van der Waals surface area contributed by atoms with Crippen LogP contribution in [0.25, 0.3) is 0 Å². The summed E-state index contributed by atoms with van der Waals surface area (Å²) in [5.41, 5.74) is 18.4. The standard InChI is InChI=1S/C104H82Br8S14/c1-68-2-16-75(17-3-68)98(113-62-69-4-18-76(19-5-69)99(115-64-71-8-22-78(23-9-71)101(119-90-46-30-82(105)31-47-90)120-91-48-32-83(106)33-49-91)116-65-72-10-24-79(25-11-72)102(121-92-50-34-84(107)35-51-92)122-93-52-36-85(108)37-53-93)114-63-70-6-20-77(21-7-70)100(117-66-73-12-26-80(27-13-73)103(123-94-54-38-86(109)39-55-94)124-95-56-40-87(110)41-57-95)118-67-74-14-28-81(29-15-74)104(125-96-58-42-88(111)43-59-96)126-97-60-44-89(112)45-61-97/h2-61,98-104H,62-67H2,1H3. The summed E-state index contributed by atoms with van der Waals surface area (Å²) >= 11 is 56.6. The average molecular weight is 2420 g/mol. The first-order valence-electron chi connectivity index (χ1n) is 40.1. The summed E-state index contributed by atoms with van der Waals surface area (Å²) in [6, 6.07) is 136. The van der Waals surface area contributed by atoms with Crippen LogP contribution in [0.15, 0.2) is 439 Å². The molecule has 15 aromatic rings. The van der Waals surface area contributed by atoms with E-state index < -0.39 is 0 Å². The van der Waals surface area contributed by atoms with Gasteiger partial charge in [0.2, 0.25) is 0 Å². The third kappa shape index (κ3) is 31.0. The summed E-state index contributed by atoms with van der Waals surface area (Å²) < 4.78 is 9.95. The first-order valence-corrected chi connectivity index (χ1v) is 59.8. The zero-order valence-corrected chi connectivity index (χ0v) is 91.8. The van der Waals surface area contributed by atoms with Gasteiger partial charge in [0.1, 0.15) is 0 Å². The lowest BCUT2D eigenvalue weighted by Gasteiger charge is -2.20. The lowest BCUT2D eigenvalue weighted by Crippen LogP contribution is -1.96. The predicted octanol–water partition coefficient (Wildman–Crippen LogP) is 41.0. The van der Waals surface area contributed by atoms with Gasteiger partial charge in [-0.2, -0.15) is 0 Å². The summed E-state index contributed by atoms with van der Waals surface area (Å²) in [6.07, 6.45) is 0. The second kappa shape index (κ2) is 50.6. The van der Waals surface area contributed by atoms with Crippen molar-refractivity contribution in [1.29, 1.82) is 0 Å². The van der Waals surface area contributed by atoms with Crippen LogP contribution in [0.3, 0.4) is 0 Å². The second-order valence-corrected chi connectivity index (χ2v) is 54.5. The lowest BCUT2D eigenvalue weighted by molar-refractivity contribution is 1.27. The Kier molecular flexibility index (Phi) is 39.2. The van der Waals surface area contributed by atoms with Gasteiger partial charge < -0.3 is 0 Å². The third-order valence-corrected chi connectivity index (χ3v) is 43.4. The molecule has 0 saturated heterocycles. The van der Waals surface area contributed by atoms with Crippen molar-refractivity contribution in [3.63, 3.8) is 0 Å². The molecule has 22 heteroatoms. The minimum atomic E-state index is 0.167. The highest BCUT2D eigenvalue weighted by atomic mass is 79.9. The fourth-order valence-electron chi connectivity index (χ4n) is 12.8. The zero-order chi connectivity index (χ0) is 86.9. The normalized spacial score (nSPS) is 11.7. The molecule has 0 atom stereocenters. The fourth-order valence-corrected chi connectivity index (χ4v) is 32.8. The van der Waals surface area contributed by atoms with Crippen molar-refractivity contribution >= 4 is 292 Å². The van der Waals surface area contributed by atoms with Crippen molar-refractivity contribution in [2.45, 2.75) is 113 Å². The molecule has 0 amide bonds. The van der Waals surface area contributed by atoms with Crippen LogP contribution in [0.5, 0.6) is 0 Å². The summed E-state index contributed by atoms with van der Waals surface area (Å²) in [7, 11) is 0. The number of halogens is 8. The predicted molar refractivity (Wildman–Crippen MR) is 597 cm³/mol. The van der Waals surface area contributed by atoms with E-state index in [4.69, 9.17) is 0 Å². The number of aryl methyl sites for hydroxylation is 1. The van der Waals surface area contributed by atoms with Crippen molar-refractivity contribution < 1.29 is 0 Å². The number of benzene rings is 15. The highest BCUT2D eigenvalue weighted by Crippen LogP contribution is 2.54. The second-order valence-electron chi connectivity index (χ2n) is 29.1. The van der Waals surface area contributed by atoms with E-state index >= 15 is 0 Å². The maximum Gasteiger partial charge on any atom is 0.0845 e. The maximum absolute atomic E-state index is 3.66. The minimum absolute atomic E-state index is 0.167. The molecule has 0 fully saturated rings. The van der Waals surface area contributed by atoms with Crippen LogP contribution in [0.1, 0.15) is 110 Å². The molecule has 0 N–H and O–H groups in total. The van der Waals surface area contributed by atoms with E-state index in [0.717, 1.165) is 70.3 Å². The molecule has 0 aromatic heterocycles. The number of thioether (sulfide) groups is 14. The Morgan fingerprint density at radius 2 is 0.270 bits per heavy atom. The Balaban J connectivity index is 0.643. The van der Waals surface area contributed by atoms with Gasteiger partial charge in [0.25, 0.3) is 0 Å². The van der Waals surface area contributed by atoms with Crippen LogP contribution in [0.2, 0.25) is 0 Å². The Morgan fingerprint density at radius 1 is 0.151 bits per heavy atom. The van der Waals surface area contributed by atoms with Crippen molar-refractivity contribution in [3.05, 3.63) is 478 Å². The number of rotatable bonds is 41. The molecule has 0 saturated carbocycles. The van der Waals surface area contributed by atoms with E-state index in [1.165, 1.54) is 117 Å². The largest absolute Gasteiger partial charge is 0.138 e. The molecule has 0 aliphatic heterocycles. The van der Waals surface area contributed by atoms with Gasteiger partial charge in [-0.25, -0.2) is 0 Å². The van der Waals surface area contributed by atoms with Gasteiger partial charge in [0, 0.05) is 109 Å². The van der Waals surface area contributed by atoms with E-state index in [1.54, 1.807) is 0 Å². The summed E-state index contributed by atoms with van der Waals surface area (Å²) in [6.45, 7) is 2.19. The Hall–Kier alpha value is -2.96. The van der Waals surface area contributed by atoms with E-state index in [2.05, 4.69) is 498 Å². The highest BCUT2D eigenvalue weighted by Gasteiger charge is 2.25. The van der Waals surface area contributed by atoms with Gasteiger partial charge in [0.05, 0.1) is 32.1 Å². The van der Waals surface area contributed by atoms with Gasteiger partial charge >= 0.3 is 0 Å². The molecule has 0 bridgehead atoms. The van der Waals surface area contributed by atoms with Crippen molar-refractivity contribution in [2.24, 2.45) is 0 Å². The molecule has 0 aliphatic carbocycles. The Bertz CT molecular complexity index is 5040. The molecule has 126 heavy (non-hydrogen) atoms. The van der Waals surface area contributed by atoms with Gasteiger partial charge in [0.15, 0.2) is 0 Å². The van der Waals surface area contributed by atoms with E-state index in [-0.39, 0.29) is 32.1 Å². The Morgan fingerprint density at radius 3 is 0.405 bits per heavy atom. The molecule has 638 valence electrons. The van der Waals surface area contributed by atoms with E-state index in [1.807, 2.05) is 165 Å². The molecule has 0 nitrogen and oxygen atoms in total. The Labute approximate surface area is 870 Å². The van der Waals surface area contributed by atoms with Gasteiger partial charge in [-0.05, 0) is 273 Å². The molecular formula is C104H82Br8S14. The van der Waals surface area contributed by atoms with Crippen LogP contribution in [0, 0.1) is 6.92 Å². The molecule has 0 unspecified atom stereocenters. The minimum Gasteiger partial charge on any atom is -0.138 e. The van der Waals surface area contributed by atoms with E-state index in [9.17, 15) is 0 Å². The first kappa shape index (κ1) is 97.6. The maximum atomic E-state index is 3.66. The first-order chi connectivity index (χ1) is 61.5. The average Bonchev–Trinajstić information content (AvgIpc) is 0.849. The summed E-state index contributed by atoms with van der Waals surface area (Å²) in [5.74, 6) is 5.33.